The molecule has 0 atom stereocenters. The smallest absolute Gasteiger partial charge is 0.250 e. The maximum atomic E-state index is 11.8. The van der Waals surface area contributed by atoms with Crippen LogP contribution in [0.5, 0.6) is 0 Å². The van der Waals surface area contributed by atoms with Gasteiger partial charge >= 0.3 is 0 Å². The van der Waals surface area contributed by atoms with E-state index < -0.39 is 5.91 Å². The fourth-order valence-corrected chi connectivity index (χ4v) is 3.01. The van der Waals surface area contributed by atoms with Crippen LogP contribution in [0.15, 0.2) is 42.6 Å². The molecule has 0 unspecified atom stereocenters. The first-order chi connectivity index (χ1) is 11.1. The van der Waals surface area contributed by atoms with E-state index in [1.165, 1.54) is 0 Å². The number of rotatable bonds is 4. The van der Waals surface area contributed by atoms with E-state index in [9.17, 15) is 9.90 Å². The predicted octanol–water partition coefficient (Wildman–Crippen LogP) is 2.56. The summed E-state index contributed by atoms with van der Waals surface area (Å²) in [5.41, 5.74) is 8.44. The van der Waals surface area contributed by atoms with Crippen molar-refractivity contribution in [2.75, 3.05) is 5.32 Å². The quantitative estimate of drug-likeness (QED) is 0.809. The van der Waals surface area contributed by atoms with E-state index >= 15 is 0 Å². The molecule has 1 fully saturated rings. The Kier molecular flexibility index (Phi) is 4.57. The Labute approximate surface area is 135 Å². The molecule has 23 heavy (non-hydrogen) atoms. The van der Waals surface area contributed by atoms with Crippen molar-refractivity contribution >= 4 is 11.6 Å². The van der Waals surface area contributed by atoms with Crippen molar-refractivity contribution in [3.05, 3.63) is 48.2 Å². The zero-order valence-corrected chi connectivity index (χ0v) is 12.9. The van der Waals surface area contributed by atoms with Crippen LogP contribution < -0.4 is 11.1 Å². The van der Waals surface area contributed by atoms with Crippen molar-refractivity contribution in [2.45, 2.75) is 37.8 Å². The first-order valence-corrected chi connectivity index (χ1v) is 7.93. The molecule has 120 valence electrons. The third-order valence-corrected chi connectivity index (χ3v) is 4.30. The highest BCUT2D eigenvalue weighted by molar-refractivity contribution is 5.99. The second-order valence-corrected chi connectivity index (χ2v) is 5.99. The average molecular weight is 311 g/mol. The highest BCUT2D eigenvalue weighted by Crippen LogP contribution is 2.27. The van der Waals surface area contributed by atoms with Crippen molar-refractivity contribution in [1.29, 1.82) is 0 Å². The summed E-state index contributed by atoms with van der Waals surface area (Å²) in [7, 11) is 0. The van der Waals surface area contributed by atoms with E-state index in [1.807, 2.05) is 30.3 Å². The number of carbonyl (C=O) groups is 1. The van der Waals surface area contributed by atoms with E-state index in [4.69, 9.17) is 5.73 Å². The lowest BCUT2D eigenvalue weighted by atomic mass is 9.92. The molecular formula is C18H21N3O2. The van der Waals surface area contributed by atoms with Gasteiger partial charge in [-0.15, -0.1) is 0 Å². The zero-order chi connectivity index (χ0) is 16.2. The van der Waals surface area contributed by atoms with Crippen molar-refractivity contribution < 1.29 is 9.90 Å². The number of nitrogens with two attached hydrogens (primary N) is 1. The molecule has 1 saturated carbocycles. The number of anilines is 1. The maximum Gasteiger partial charge on any atom is 0.250 e. The van der Waals surface area contributed by atoms with E-state index in [1.54, 1.807) is 12.3 Å². The standard InChI is InChI=1S/C18H21N3O2/c19-18(23)15-11-12(16-3-1-2-10-20-16)4-9-17(15)21-13-5-7-14(22)8-6-13/h1-4,9-11,13-14,21-22H,5-8H2,(H2,19,23). The Balaban J connectivity index is 1.84. The summed E-state index contributed by atoms with van der Waals surface area (Å²) in [6.07, 6.45) is 4.88. The molecule has 2 aromatic rings. The normalized spacial score (nSPS) is 20.9. The van der Waals surface area contributed by atoms with E-state index in [-0.39, 0.29) is 12.1 Å². The number of primary amides is 1. The van der Waals surface area contributed by atoms with Crippen LogP contribution in [0.25, 0.3) is 11.3 Å². The number of nitrogens with zero attached hydrogens (tertiary/aromatic N) is 1. The van der Waals surface area contributed by atoms with Crippen LogP contribution in [0.1, 0.15) is 36.0 Å². The summed E-state index contributed by atoms with van der Waals surface area (Å²) >= 11 is 0. The van der Waals surface area contributed by atoms with Crippen LogP contribution in [0, 0.1) is 0 Å². The summed E-state index contributed by atoms with van der Waals surface area (Å²) in [5.74, 6) is -0.457. The second-order valence-electron chi connectivity index (χ2n) is 5.99. The number of hydrogen-bond donors (Lipinski definition) is 3. The van der Waals surface area contributed by atoms with Gasteiger partial charge < -0.3 is 16.2 Å². The molecule has 1 aromatic heterocycles. The summed E-state index contributed by atoms with van der Waals surface area (Å²) in [6.45, 7) is 0. The monoisotopic (exact) mass is 311 g/mol. The molecule has 5 nitrogen and oxygen atoms in total. The predicted molar refractivity (Wildman–Crippen MR) is 90.1 cm³/mol. The van der Waals surface area contributed by atoms with Gasteiger partial charge in [0.1, 0.15) is 0 Å². The van der Waals surface area contributed by atoms with Crippen LogP contribution in [0.4, 0.5) is 5.69 Å². The molecule has 0 saturated heterocycles. The van der Waals surface area contributed by atoms with Gasteiger partial charge in [-0.25, -0.2) is 0 Å². The Morgan fingerprint density at radius 1 is 1.17 bits per heavy atom. The number of pyridine rings is 1. The van der Waals surface area contributed by atoms with Crippen molar-refractivity contribution in [3.8, 4) is 11.3 Å². The van der Waals surface area contributed by atoms with Gasteiger partial charge in [0.05, 0.1) is 17.4 Å². The number of amides is 1. The van der Waals surface area contributed by atoms with E-state index in [2.05, 4.69) is 10.3 Å². The molecule has 0 bridgehead atoms. The molecule has 1 aliphatic rings. The molecule has 0 radical (unpaired) electrons. The number of aliphatic hydroxyl groups excluding tert-OH is 1. The number of nitrogens with one attached hydrogen (secondary N) is 1. The number of benzene rings is 1. The lowest BCUT2D eigenvalue weighted by Gasteiger charge is -2.27. The molecule has 1 amide bonds. The lowest BCUT2D eigenvalue weighted by Crippen LogP contribution is -2.29. The van der Waals surface area contributed by atoms with Crippen molar-refractivity contribution in [2.24, 2.45) is 5.73 Å². The largest absolute Gasteiger partial charge is 0.393 e. The molecule has 3 rings (SSSR count). The maximum absolute atomic E-state index is 11.8. The summed E-state index contributed by atoms with van der Waals surface area (Å²) in [5, 5.41) is 13.0. The molecule has 1 aliphatic carbocycles. The van der Waals surface area contributed by atoms with E-state index in [0.717, 1.165) is 42.6 Å². The second kappa shape index (κ2) is 6.79. The molecule has 0 spiro atoms. The SMILES string of the molecule is NC(=O)c1cc(-c2ccccn2)ccc1NC1CCC(O)CC1. The third kappa shape index (κ3) is 3.68. The molecule has 4 N–H and O–H groups in total. The molecule has 1 aromatic carbocycles. The fraction of sp³-hybridized carbons (Fsp3) is 0.333. The minimum Gasteiger partial charge on any atom is -0.393 e. The molecule has 0 aliphatic heterocycles. The van der Waals surface area contributed by atoms with Gasteiger partial charge in [-0.05, 0) is 49.9 Å². The van der Waals surface area contributed by atoms with Gasteiger partial charge in [0.15, 0.2) is 0 Å². The van der Waals surface area contributed by atoms with Crippen LogP contribution in [0.3, 0.4) is 0 Å². The zero-order valence-electron chi connectivity index (χ0n) is 12.9. The Morgan fingerprint density at radius 3 is 2.61 bits per heavy atom. The van der Waals surface area contributed by atoms with Gasteiger partial charge in [0.2, 0.25) is 0 Å². The van der Waals surface area contributed by atoms with Crippen LogP contribution >= 0.6 is 0 Å². The van der Waals surface area contributed by atoms with Crippen LogP contribution in [-0.4, -0.2) is 28.1 Å². The summed E-state index contributed by atoms with van der Waals surface area (Å²) < 4.78 is 0. The minimum atomic E-state index is -0.457. The number of aliphatic hydroxyl groups is 1. The van der Waals surface area contributed by atoms with Crippen LogP contribution in [-0.2, 0) is 0 Å². The number of carbonyl (C=O) groups excluding carboxylic acids is 1. The molecular weight excluding hydrogens is 290 g/mol. The molecule has 5 heteroatoms. The number of aromatic nitrogens is 1. The van der Waals surface area contributed by atoms with Gasteiger partial charge in [-0.3, -0.25) is 9.78 Å². The Hall–Kier alpha value is -2.40. The third-order valence-electron chi connectivity index (χ3n) is 4.30. The minimum absolute atomic E-state index is 0.199. The number of hydrogen-bond acceptors (Lipinski definition) is 4. The van der Waals surface area contributed by atoms with Gasteiger partial charge in [0.25, 0.3) is 5.91 Å². The highest BCUT2D eigenvalue weighted by Gasteiger charge is 2.21. The topological polar surface area (TPSA) is 88.2 Å². The lowest BCUT2D eigenvalue weighted by molar-refractivity contribution is 0.100. The first kappa shape index (κ1) is 15.5. The van der Waals surface area contributed by atoms with Crippen molar-refractivity contribution in [1.82, 2.24) is 4.98 Å². The van der Waals surface area contributed by atoms with Gasteiger partial charge in [0, 0.05) is 23.5 Å². The van der Waals surface area contributed by atoms with Crippen molar-refractivity contribution in [3.63, 3.8) is 0 Å². The molecule has 1 heterocycles. The van der Waals surface area contributed by atoms with Gasteiger partial charge in [-0.1, -0.05) is 12.1 Å². The van der Waals surface area contributed by atoms with Crippen LogP contribution in [0.2, 0.25) is 0 Å². The highest BCUT2D eigenvalue weighted by atomic mass is 16.3. The summed E-state index contributed by atoms with van der Waals surface area (Å²) in [4.78, 5) is 16.1. The Bertz CT molecular complexity index is 680. The average Bonchev–Trinajstić information content (AvgIpc) is 2.58. The summed E-state index contributed by atoms with van der Waals surface area (Å²) in [6, 6.07) is 11.5. The fourth-order valence-electron chi connectivity index (χ4n) is 3.01. The van der Waals surface area contributed by atoms with Gasteiger partial charge in [-0.2, -0.15) is 0 Å². The first-order valence-electron chi connectivity index (χ1n) is 7.93. The van der Waals surface area contributed by atoms with E-state index in [0.29, 0.717) is 5.56 Å². The Morgan fingerprint density at radius 2 is 1.96 bits per heavy atom.